The van der Waals surface area contributed by atoms with E-state index >= 15 is 0 Å². The SMILES string of the molecule is CCc1nc(SCC(=O)Nc2cc3c(cc2Cl)OCCO3)nc(N)c1-c1ccc(Cl)cc1. The minimum absolute atomic E-state index is 0.0909. The number of nitrogens with zero attached hydrogens (tertiary/aromatic N) is 2. The van der Waals surface area contributed by atoms with Crippen LogP contribution in [0, 0.1) is 0 Å². The van der Waals surface area contributed by atoms with Crippen LogP contribution < -0.4 is 20.5 Å². The van der Waals surface area contributed by atoms with Crippen molar-refractivity contribution < 1.29 is 14.3 Å². The molecule has 0 bridgehead atoms. The van der Waals surface area contributed by atoms with Crippen LogP contribution in [0.3, 0.4) is 0 Å². The van der Waals surface area contributed by atoms with Crippen LogP contribution in [-0.2, 0) is 11.2 Å². The van der Waals surface area contributed by atoms with Crippen LogP contribution in [0.25, 0.3) is 11.1 Å². The van der Waals surface area contributed by atoms with Crippen molar-refractivity contribution in [1.29, 1.82) is 0 Å². The zero-order chi connectivity index (χ0) is 22.7. The summed E-state index contributed by atoms with van der Waals surface area (Å²) in [6, 6.07) is 10.6. The van der Waals surface area contributed by atoms with Crippen LogP contribution in [0.1, 0.15) is 12.6 Å². The number of thioether (sulfide) groups is 1. The first kappa shape index (κ1) is 22.5. The lowest BCUT2D eigenvalue weighted by Crippen LogP contribution is -2.17. The fourth-order valence-corrected chi connectivity index (χ4v) is 4.23. The van der Waals surface area contributed by atoms with Gasteiger partial charge >= 0.3 is 0 Å². The predicted molar refractivity (Wildman–Crippen MR) is 128 cm³/mol. The lowest BCUT2D eigenvalue weighted by molar-refractivity contribution is -0.113. The largest absolute Gasteiger partial charge is 0.486 e. The van der Waals surface area contributed by atoms with Crippen LogP contribution in [-0.4, -0.2) is 34.8 Å². The quantitative estimate of drug-likeness (QED) is 0.366. The average Bonchev–Trinajstić information content (AvgIpc) is 2.78. The smallest absolute Gasteiger partial charge is 0.234 e. The van der Waals surface area contributed by atoms with Crippen LogP contribution in [0.15, 0.2) is 41.6 Å². The summed E-state index contributed by atoms with van der Waals surface area (Å²) in [5, 5.41) is 4.23. The lowest BCUT2D eigenvalue weighted by Gasteiger charge is -2.20. The van der Waals surface area contributed by atoms with E-state index in [1.54, 1.807) is 24.3 Å². The maximum atomic E-state index is 12.5. The van der Waals surface area contributed by atoms with Gasteiger partial charge in [-0.2, -0.15) is 0 Å². The second-order valence-electron chi connectivity index (χ2n) is 6.89. The van der Waals surface area contributed by atoms with Gasteiger partial charge in [-0.05, 0) is 24.1 Å². The van der Waals surface area contributed by atoms with E-state index in [2.05, 4.69) is 15.3 Å². The molecule has 0 unspecified atom stereocenters. The van der Waals surface area contributed by atoms with Crippen LogP contribution in [0.5, 0.6) is 11.5 Å². The zero-order valence-electron chi connectivity index (χ0n) is 17.2. The summed E-state index contributed by atoms with van der Waals surface area (Å²) in [4.78, 5) is 21.5. The summed E-state index contributed by atoms with van der Waals surface area (Å²) in [5.41, 5.74) is 9.17. The van der Waals surface area contributed by atoms with Gasteiger partial charge in [-0.1, -0.05) is 54.0 Å². The van der Waals surface area contributed by atoms with Crippen LogP contribution in [0.4, 0.5) is 11.5 Å². The summed E-state index contributed by atoms with van der Waals surface area (Å²) in [6.45, 7) is 2.90. The number of nitrogens with one attached hydrogen (secondary N) is 1. The Kier molecular flexibility index (Phi) is 6.93. The highest BCUT2D eigenvalue weighted by Crippen LogP contribution is 2.38. The third-order valence-corrected chi connectivity index (χ3v) is 6.11. The Morgan fingerprint density at radius 2 is 1.81 bits per heavy atom. The number of nitrogens with two attached hydrogens (primary N) is 1. The summed E-state index contributed by atoms with van der Waals surface area (Å²) in [7, 11) is 0. The Bertz CT molecular complexity index is 1160. The Morgan fingerprint density at radius 3 is 2.50 bits per heavy atom. The number of amides is 1. The van der Waals surface area contributed by atoms with Crippen molar-refractivity contribution in [3.63, 3.8) is 0 Å². The molecule has 0 fully saturated rings. The second-order valence-corrected chi connectivity index (χ2v) is 8.67. The van der Waals surface area contributed by atoms with Gasteiger partial charge in [-0.3, -0.25) is 4.79 Å². The molecule has 1 aromatic heterocycles. The molecule has 0 saturated carbocycles. The molecular formula is C22H20Cl2N4O3S. The molecule has 1 amide bonds. The number of fused-ring (bicyclic) bond motifs is 1. The van der Waals surface area contributed by atoms with Crippen molar-refractivity contribution >= 4 is 52.4 Å². The van der Waals surface area contributed by atoms with Gasteiger partial charge < -0.3 is 20.5 Å². The summed E-state index contributed by atoms with van der Waals surface area (Å²) >= 11 is 13.4. The van der Waals surface area contributed by atoms with Gasteiger partial charge in [0, 0.05) is 22.7 Å². The second kappa shape index (κ2) is 9.85. The number of halogens is 2. The molecule has 1 aliphatic rings. The first-order valence-electron chi connectivity index (χ1n) is 9.88. The van der Waals surface area contributed by atoms with Gasteiger partial charge in [-0.15, -0.1) is 0 Å². The molecule has 1 aliphatic heterocycles. The van der Waals surface area contributed by atoms with E-state index in [-0.39, 0.29) is 11.7 Å². The predicted octanol–water partition coefficient (Wildman–Crippen LogP) is 5.10. The van der Waals surface area contributed by atoms with Crippen molar-refractivity contribution in [3.05, 3.63) is 52.1 Å². The topological polar surface area (TPSA) is 99.4 Å². The number of hydrogen-bond donors (Lipinski definition) is 2. The molecule has 10 heteroatoms. The number of carbonyl (C=O) groups is 1. The third kappa shape index (κ3) is 5.03. The molecule has 2 heterocycles. The van der Waals surface area contributed by atoms with E-state index in [9.17, 15) is 4.79 Å². The minimum atomic E-state index is -0.254. The summed E-state index contributed by atoms with van der Waals surface area (Å²) in [5.74, 6) is 1.30. The lowest BCUT2D eigenvalue weighted by atomic mass is 10.0. The molecular weight excluding hydrogens is 471 g/mol. The molecule has 166 valence electrons. The Balaban J connectivity index is 1.46. The Labute approximate surface area is 199 Å². The molecule has 3 N–H and O–H groups in total. The molecule has 32 heavy (non-hydrogen) atoms. The number of nitrogen functional groups attached to an aromatic ring is 1. The number of aromatic nitrogens is 2. The van der Waals surface area contributed by atoms with Crippen LogP contribution in [0.2, 0.25) is 10.0 Å². The number of anilines is 2. The van der Waals surface area contributed by atoms with E-state index in [4.69, 9.17) is 38.4 Å². The van der Waals surface area contributed by atoms with Gasteiger partial charge in [-0.25, -0.2) is 9.97 Å². The standard InChI is InChI=1S/C22H20Cl2N4O3S/c1-2-15-20(12-3-5-13(23)6-4-12)21(25)28-22(27-15)32-11-19(29)26-16-10-18-17(9-14(16)24)30-7-8-31-18/h3-6,9-10H,2,7-8,11H2,1H3,(H,26,29)(H2,25,27,28). The molecule has 0 spiro atoms. The molecule has 0 radical (unpaired) electrons. The van der Waals surface area contributed by atoms with Crippen LogP contribution >= 0.6 is 35.0 Å². The highest BCUT2D eigenvalue weighted by molar-refractivity contribution is 7.99. The van der Waals surface area contributed by atoms with Gasteiger partial charge in [0.05, 0.1) is 22.2 Å². The first-order valence-corrected chi connectivity index (χ1v) is 11.6. The molecule has 2 aromatic carbocycles. The molecule has 3 aromatic rings. The van der Waals surface area contributed by atoms with Crippen molar-refractivity contribution in [1.82, 2.24) is 9.97 Å². The molecule has 0 atom stereocenters. The normalized spacial score (nSPS) is 12.5. The fraction of sp³-hybridized carbons (Fsp3) is 0.227. The zero-order valence-corrected chi connectivity index (χ0v) is 19.5. The Morgan fingerprint density at radius 1 is 1.12 bits per heavy atom. The number of aryl methyl sites for hydroxylation is 1. The number of benzene rings is 2. The van der Waals surface area contributed by atoms with Gasteiger partial charge in [0.2, 0.25) is 5.91 Å². The third-order valence-electron chi connectivity index (χ3n) is 4.70. The van der Waals surface area contributed by atoms with Gasteiger partial charge in [0.25, 0.3) is 0 Å². The average molecular weight is 491 g/mol. The molecule has 0 saturated heterocycles. The molecule has 0 aliphatic carbocycles. The van der Waals surface area contributed by atoms with E-state index in [1.807, 2.05) is 19.1 Å². The first-order chi connectivity index (χ1) is 15.4. The van der Waals surface area contributed by atoms with E-state index < -0.39 is 0 Å². The van der Waals surface area contributed by atoms with Gasteiger partial charge in [0.15, 0.2) is 16.7 Å². The number of hydrogen-bond acceptors (Lipinski definition) is 7. The molecule has 4 rings (SSSR count). The number of carbonyl (C=O) groups excluding carboxylic acids is 1. The fourth-order valence-electron chi connectivity index (χ4n) is 3.23. The van der Waals surface area contributed by atoms with E-state index in [0.29, 0.717) is 57.8 Å². The highest BCUT2D eigenvalue weighted by atomic mass is 35.5. The van der Waals surface area contributed by atoms with Crippen molar-refractivity contribution in [2.75, 3.05) is 30.0 Å². The summed E-state index contributed by atoms with van der Waals surface area (Å²) in [6.07, 6.45) is 0.664. The van der Waals surface area contributed by atoms with Crippen molar-refractivity contribution in [3.8, 4) is 22.6 Å². The Hall–Kier alpha value is -2.68. The van der Waals surface area contributed by atoms with E-state index in [1.165, 1.54) is 11.8 Å². The van der Waals surface area contributed by atoms with Crippen molar-refractivity contribution in [2.24, 2.45) is 0 Å². The monoisotopic (exact) mass is 490 g/mol. The van der Waals surface area contributed by atoms with E-state index in [0.717, 1.165) is 16.8 Å². The maximum Gasteiger partial charge on any atom is 0.234 e. The highest BCUT2D eigenvalue weighted by Gasteiger charge is 2.18. The maximum absolute atomic E-state index is 12.5. The van der Waals surface area contributed by atoms with Crippen molar-refractivity contribution in [2.45, 2.75) is 18.5 Å². The molecule has 7 nitrogen and oxygen atoms in total. The van der Waals surface area contributed by atoms with Gasteiger partial charge in [0.1, 0.15) is 19.0 Å². The minimum Gasteiger partial charge on any atom is -0.486 e. The number of ether oxygens (including phenoxy) is 2. The number of rotatable bonds is 6. The summed E-state index contributed by atoms with van der Waals surface area (Å²) < 4.78 is 11.0.